The molecule has 0 bridgehead atoms. The molecule has 22 heavy (non-hydrogen) atoms. The summed E-state index contributed by atoms with van der Waals surface area (Å²) in [5.74, 6) is -0.155. The van der Waals surface area contributed by atoms with E-state index in [1.54, 1.807) is 0 Å². The maximum atomic E-state index is 11.0. The summed E-state index contributed by atoms with van der Waals surface area (Å²) < 4.78 is 30.9. The van der Waals surface area contributed by atoms with E-state index in [2.05, 4.69) is 6.92 Å². The molecule has 0 saturated carbocycles. The molecule has 0 aromatic carbocycles. The summed E-state index contributed by atoms with van der Waals surface area (Å²) in [6.07, 6.45) is 15.1. The molecule has 0 radical (unpaired) electrons. The van der Waals surface area contributed by atoms with Crippen molar-refractivity contribution in [2.45, 2.75) is 90.0 Å². The lowest BCUT2D eigenvalue weighted by Gasteiger charge is -2.22. The van der Waals surface area contributed by atoms with Crippen LogP contribution in [0.15, 0.2) is 0 Å². The molecule has 0 rings (SSSR count). The summed E-state index contributed by atoms with van der Waals surface area (Å²) in [6, 6.07) is -0.0754. The monoisotopic (exact) mass is 335 g/mol. The molecule has 0 aliphatic carbocycles. The third kappa shape index (κ3) is 14.8. The van der Waals surface area contributed by atoms with Crippen molar-refractivity contribution in [2.24, 2.45) is 0 Å². The zero-order chi connectivity index (χ0) is 16.8. The van der Waals surface area contributed by atoms with E-state index in [4.69, 9.17) is 4.55 Å². The Labute approximate surface area is 138 Å². The third-order valence-electron chi connectivity index (χ3n) is 4.27. The van der Waals surface area contributed by atoms with Gasteiger partial charge in [0, 0.05) is 6.04 Å². The fraction of sp³-hybridized carbons (Fsp3) is 1.00. The van der Waals surface area contributed by atoms with E-state index in [0.717, 1.165) is 19.3 Å². The normalized spacial score (nSPS) is 13.7. The Bertz CT molecular complexity index is 342. The van der Waals surface area contributed by atoms with Crippen LogP contribution in [0.1, 0.15) is 84.0 Å². The second kappa shape index (κ2) is 13.3. The smallest absolute Gasteiger partial charge is 0.266 e. The van der Waals surface area contributed by atoms with Crippen LogP contribution in [0.3, 0.4) is 0 Å². The summed E-state index contributed by atoms with van der Waals surface area (Å²) in [5.41, 5.74) is 0. The van der Waals surface area contributed by atoms with Crippen LogP contribution in [0.4, 0.5) is 0 Å². The summed E-state index contributed by atoms with van der Waals surface area (Å²) in [5, 5.41) is 0. The van der Waals surface area contributed by atoms with Gasteiger partial charge < -0.3 is 4.90 Å². The summed E-state index contributed by atoms with van der Waals surface area (Å²) >= 11 is 0. The number of hydrogen-bond donors (Lipinski definition) is 1. The fourth-order valence-corrected chi connectivity index (χ4v) is 3.73. The van der Waals surface area contributed by atoms with E-state index >= 15 is 0 Å². The Kier molecular flexibility index (Phi) is 13.2. The minimum absolute atomic E-state index is 0.0754. The summed E-state index contributed by atoms with van der Waals surface area (Å²) in [4.78, 5) is 1.89. The van der Waals surface area contributed by atoms with Crippen LogP contribution < -0.4 is 0 Å². The van der Waals surface area contributed by atoms with Crippen LogP contribution in [0.5, 0.6) is 0 Å². The van der Waals surface area contributed by atoms with Crippen molar-refractivity contribution < 1.29 is 13.0 Å². The molecule has 1 N–H and O–H groups in total. The topological polar surface area (TPSA) is 57.6 Å². The van der Waals surface area contributed by atoms with Gasteiger partial charge in [-0.05, 0) is 20.5 Å². The Morgan fingerprint density at radius 2 is 1.23 bits per heavy atom. The van der Waals surface area contributed by atoms with Crippen LogP contribution in [0.25, 0.3) is 0 Å². The van der Waals surface area contributed by atoms with Crippen LogP contribution in [0, 0.1) is 0 Å². The van der Waals surface area contributed by atoms with Crippen LogP contribution in [-0.2, 0) is 10.1 Å². The molecular formula is C17H37NO3S. The first kappa shape index (κ1) is 21.9. The molecule has 0 aromatic rings. The Morgan fingerprint density at radius 3 is 1.59 bits per heavy atom. The number of unbranched alkanes of at least 4 members (excludes halogenated alkanes) is 10. The first-order valence-electron chi connectivity index (χ1n) is 8.98. The molecule has 0 spiro atoms. The molecule has 0 fully saturated rings. The predicted molar refractivity (Wildman–Crippen MR) is 95.0 cm³/mol. The predicted octanol–water partition coefficient (Wildman–Crippen LogP) is 4.51. The quantitative estimate of drug-likeness (QED) is 0.353. The first-order chi connectivity index (χ1) is 10.4. The maximum absolute atomic E-state index is 11.0. The Hall–Kier alpha value is -0.130. The van der Waals surface area contributed by atoms with Gasteiger partial charge in [0.15, 0.2) is 0 Å². The SMILES string of the molecule is CCCCCCCCCCCCCC(CS(=O)(=O)O)N(C)C. The molecule has 5 heteroatoms. The van der Waals surface area contributed by atoms with Gasteiger partial charge in [-0.2, -0.15) is 8.42 Å². The lowest BCUT2D eigenvalue weighted by Crippen LogP contribution is -2.34. The van der Waals surface area contributed by atoms with Crippen molar-refractivity contribution in [1.82, 2.24) is 4.90 Å². The third-order valence-corrected chi connectivity index (χ3v) is 5.08. The highest BCUT2D eigenvalue weighted by Crippen LogP contribution is 2.14. The number of nitrogens with zero attached hydrogens (tertiary/aromatic N) is 1. The average molecular weight is 336 g/mol. The zero-order valence-electron chi connectivity index (χ0n) is 14.9. The van der Waals surface area contributed by atoms with Gasteiger partial charge in [0.25, 0.3) is 10.1 Å². The second-order valence-electron chi connectivity index (χ2n) is 6.69. The van der Waals surface area contributed by atoms with Gasteiger partial charge in [-0.3, -0.25) is 4.55 Å². The summed E-state index contributed by atoms with van der Waals surface area (Å²) in [6.45, 7) is 2.25. The van der Waals surface area contributed by atoms with Gasteiger partial charge in [-0.15, -0.1) is 0 Å². The van der Waals surface area contributed by atoms with E-state index in [1.165, 1.54) is 57.8 Å². The van der Waals surface area contributed by atoms with E-state index in [0.29, 0.717) is 0 Å². The molecule has 0 amide bonds. The Balaban J connectivity index is 3.50. The second-order valence-corrected chi connectivity index (χ2v) is 8.19. The van der Waals surface area contributed by atoms with E-state index < -0.39 is 10.1 Å². The van der Waals surface area contributed by atoms with E-state index in [1.807, 2.05) is 19.0 Å². The highest BCUT2D eigenvalue weighted by atomic mass is 32.2. The number of hydrogen-bond acceptors (Lipinski definition) is 3. The van der Waals surface area contributed by atoms with Crippen molar-refractivity contribution in [3.63, 3.8) is 0 Å². The van der Waals surface area contributed by atoms with E-state index in [9.17, 15) is 8.42 Å². The highest BCUT2D eigenvalue weighted by Gasteiger charge is 2.18. The molecule has 0 aliphatic rings. The molecule has 0 aromatic heterocycles. The van der Waals surface area contributed by atoms with Crippen LogP contribution in [0.2, 0.25) is 0 Å². The summed E-state index contributed by atoms with van der Waals surface area (Å²) in [7, 11) is -0.136. The van der Waals surface area contributed by atoms with Crippen molar-refractivity contribution in [3.05, 3.63) is 0 Å². The van der Waals surface area contributed by atoms with Gasteiger partial charge in [0.1, 0.15) is 0 Å². The number of rotatable bonds is 15. The van der Waals surface area contributed by atoms with Crippen molar-refractivity contribution in [2.75, 3.05) is 19.8 Å². The average Bonchev–Trinajstić information content (AvgIpc) is 2.42. The van der Waals surface area contributed by atoms with Gasteiger partial charge in [0.05, 0.1) is 5.75 Å². The molecular weight excluding hydrogens is 298 g/mol. The van der Waals surface area contributed by atoms with Crippen LogP contribution in [-0.4, -0.2) is 43.8 Å². The molecule has 0 heterocycles. The molecule has 134 valence electrons. The first-order valence-corrected chi connectivity index (χ1v) is 10.6. The minimum atomic E-state index is -3.87. The molecule has 4 nitrogen and oxygen atoms in total. The molecule has 0 aliphatic heterocycles. The van der Waals surface area contributed by atoms with E-state index in [-0.39, 0.29) is 11.8 Å². The van der Waals surface area contributed by atoms with Crippen molar-refractivity contribution in [3.8, 4) is 0 Å². The highest BCUT2D eigenvalue weighted by molar-refractivity contribution is 7.85. The molecule has 1 atom stereocenters. The Morgan fingerprint density at radius 1 is 0.818 bits per heavy atom. The molecule has 0 saturated heterocycles. The maximum Gasteiger partial charge on any atom is 0.266 e. The van der Waals surface area contributed by atoms with Gasteiger partial charge in [-0.25, -0.2) is 0 Å². The van der Waals surface area contributed by atoms with Crippen molar-refractivity contribution in [1.29, 1.82) is 0 Å². The van der Waals surface area contributed by atoms with Gasteiger partial charge in [0.2, 0.25) is 0 Å². The lowest BCUT2D eigenvalue weighted by molar-refractivity contribution is 0.288. The van der Waals surface area contributed by atoms with Gasteiger partial charge in [-0.1, -0.05) is 77.6 Å². The van der Waals surface area contributed by atoms with Gasteiger partial charge >= 0.3 is 0 Å². The van der Waals surface area contributed by atoms with Crippen LogP contribution >= 0.6 is 0 Å². The molecule has 1 unspecified atom stereocenters. The zero-order valence-corrected chi connectivity index (χ0v) is 15.7. The largest absolute Gasteiger partial charge is 0.305 e. The standard InChI is InChI=1S/C17H37NO3S/c1-4-5-6-7-8-9-10-11-12-13-14-15-17(18(2)3)16-22(19,20)21/h17H,4-16H2,1-3H3,(H,19,20,21). The van der Waals surface area contributed by atoms with Crippen molar-refractivity contribution >= 4 is 10.1 Å². The minimum Gasteiger partial charge on any atom is -0.305 e. The lowest BCUT2D eigenvalue weighted by atomic mass is 10.0. The fourth-order valence-electron chi connectivity index (χ4n) is 2.78.